The van der Waals surface area contributed by atoms with E-state index in [0.29, 0.717) is 62.1 Å². The van der Waals surface area contributed by atoms with Crippen LogP contribution in [0.2, 0.25) is 0 Å². The Labute approximate surface area is 470 Å². The molecular formula is C61H74N7O9S2+. The maximum absolute atomic E-state index is 14.2. The third kappa shape index (κ3) is 13.4. The number of anilines is 1. The Bertz CT molecular complexity index is 3260. The summed E-state index contributed by atoms with van der Waals surface area (Å²) in [7, 11) is 3.23. The Balaban J connectivity index is 0.745. The molecule has 0 radical (unpaired) electrons. The van der Waals surface area contributed by atoms with Crippen molar-refractivity contribution in [3.05, 3.63) is 127 Å². The van der Waals surface area contributed by atoms with Crippen molar-refractivity contribution < 1.29 is 43.2 Å². The number of nitrogens with zero attached hydrogens (tertiary/aromatic N) is 5. The van der Waals surface area contributed by atoms with Crippen LogP contribution in [-0.4, -0.2) is 108 Å². The number of fused-ring (bicyclic) bond motifs is 4. The first-order valence-electron chi connectivity index (χ1n) is 28.1. The molecule has 0 aliphatic carbocycles. The number of unbranched alkanes of at least 4 members (excludes halogenated alkanes) is 1. The van der Waals surface area contributed by atoms with Crippen molar-refractivity contribution in [1.82, 2.24) is 30.2 Å². The van der Waals surface area contributed by atoms with E-state index in [2.05, 4.69) is 56.4 Å². The highest BCUT2D eigenvalue weighted by atomic mass is 33.1. The molecule has 0 spiro atoms. The largest absolute Gasteiger partial charge is 0.478 e. The number of amides is 2. The minimum atomic E-state index is -1.05. The second-order valence-corrected chi connectivity index (χ2v) is 25.2. The second-order valence-electron chi connectivity index (χ2n) is 22.9. The predicted molar refractivity (Wildman–Crippen MR) is 307 cm³/mol. The molecule has 10 rings (SSSR count). The maximum atomic E-state index is 14.2. The van der Waals surface area contributed by atoms with Crippen molar-refractivity contribution in [3.8, 4) is 11.5 Å². The van der Waals surface area contributed by atoms with Gasteiger partial charge in [0, 0.05) is 102 Å². The zero-order chi connectivity index (χ0) is 55.3. The Hall–Kier alpha value is -6.21. The molecule has 79 heavy (non-hydrogen) atoms. The van der Waals surface area contributed by atoms with Gasteiger partial charge in [0.2, 0.25) is 11.3 Å². The molecule has 0 bridgehead atoms. The van der Waals surface area contributed by atoms with Gasteiger partial charge < -0.3 is 39.6 Å². The number of rotatable bonds is 24. The summed E-state index contributed by atoms with van der Waals surface area (Å²) < 4.78 is 28.5. The summed E-state index contributed by atoms with van der Waals surface area (Å²) >= 11 is 0. The second kappa shape index (κ2) is 24.7. The zero-order valence-electron chi connectivity index (χ0n) is 46.3. The SMILES string of the molecule is CC(=O)OCCCCOCSSc1ccc(CC(=O)NCCC(C)(C)OCC(C)(C)Cn2cc(CNC(=O)c3ccc(C(=O)O)c(C4=c5cc6c7c(c5Oc5c4cc4c8c5CCCN8CCC4)CCC[N+]=7CCC6)c3)nn2)cc1. The lowest BCUT2D eigenvalue weighted by Gasteiger charge is -2.39. The fourth-order valence-corrected chi connectivity index (χ4v) is 13.4. The number of carboxylic acids is 1. The van der Waals surface area contributed by atoms with Crippen molar-refractivity contribution in [2.75, 3.05) is 63.4 Å². The Morgan fingerprint density at radius 2 is 1.61 bits per heavy atom. The van der Waals surface area contributed by atoms with Gasteiger partial charge in [-0.05, 0) is 131 Å². The first-order valence-corrected chi connectivity index (χ1v) is 30.4. The van der Waals surface area contributed by atoms with Crippen LogP contribution in [0.5, 0.6) is 11.5 Å². The Morgan fingerprint density at radius 3 is 2.41 bits per heavy atom. The van der Waals surface area contributed by atoms with Gasteiger partial charge >= 0.3 is 11.9 Å². The number of carbonyl (C=O) groups excluding carboxylic acids is 3. The molecule has 0 saturated heterocycles. The first-order chi connectivity index (χ1) is 38.1. The number of ether oxygens (including phenoxy) is 4. The van der Waals surface area contributed by atoms with Crippen LogP contribution in [0.1, 0.15) is 145 Å². The fraction of sp³-hybridized carbons (Fsp3) is 0.492. The molecule has 5 aliphatic rings. The van der Waals surface area contributed by atoms with Crippen LogP contribution in [0.25, 0.3) is 5.57 Å². The summed E-state index contributed by atoms with van der Waals surface area (Å²) in [5, 5.41) is 27.9. The number of aromatic nitrogens is 3. The van der Waals surface area contributed by atoms with E-state index >= 15 is 0 Å². The van der Waals surface area contributed by atoms with Crippen molar-refractivity contribution in [2.24, 2.45) is 5.41 Å². The van der Waals surface area contributed by atoms with E-state index in [1.807, 2.05) is 44.3 Å². The van der Waals surface area contributed by atoms with Crippen molar-refractivity contribution in [2.45, 2.75) is 135 Å². The van der Waals surface area contributed by atoms with E-state index in [1.165, 1.54) is 40.2 Å². The van der Waals surface area contributed by atoms with Gasteiger partial charge in [-0.1, -0.05) is 52.8 Å². The number of carboxylic acid groups (broad SMARTS) is 1. The van der Waals surface area contributed by atoms with E-state index in [4.69, 9.17) is 18.9 Å². The summed E-state index contributed by atoms with van der Waals surface area (Å²) in [6, 6.07) is 17.4. The summed E-state index contributed by atoms with van der Waals surface area (Å²) in [4.78, 5) is 54.8. The molecule has 2 amide bonds. The molecule has 5 aromatic rings. The third-order valence-electron chi connectivity index (χ3n) is 15.5. The smallest absolute Gasteiger partial charge is 0.336 e. The standard InChI is InChI=1S/C61H73N7O9S2/c1-39(69)75-29-7-6-28-74-38-78-79-45-19-16-40(17-20-45)30-52(70)62-23-22-61(4,5)76-37-60(2,3)36-68-35-44(64-65-68)34-63-58(71)43-18-21-46(59(72)73)49(33-43)53-50-31-41-12-8-24-66-26-10-14-47(54(41)66)56(50)77-57-48-15-11-27-67-25-9-13-42(55(48)67)32-51(53)57/h16-21,31-33,35H,6-15,22-30,34,36-38H2,1-5H3,(H2-,62,63,70,71,72,73)/p+1. The van der Waals surface area contributed by atoms with Crippen molar-refractivity contribution >= 4 is 56.6 Å². The third-order valence-corrected chi connectivity index (χ3v) is 17.6. The van der Waals surface area contributed by atoms with Gasteiger partial charge in [0.25, 0.3) is 5.91 Å². The highest BCUT2D eigenvalue weighted by Crippen LogP contribution is 2.49. The van der Waals surface area contributed by atoms with Crippen LogP contribution in [-0.2, 0) is 69.0 Å². The number of nitrogens with one attached hydrogen (secondary N) is 2. The minimum Gasteiger partial charge on any atom is -0.478 e. The average molecular weight is 1110 g/mol. The van der Waals surface area contributed by atoms with Crippen molar-refractivity contribution in [1.29, 1.82) is 0 Å². The fourth-order valence-electron chi connectivity index (χ4n) is 11.7. The molecule has 16 nitrogen and oxygen atoms in total. The van der Waals surface area contributed by atoms with Crippen LogP contribution >= 0.6 is 21.6 Å². The summed E-state index contributed by atoms with van der Waals surface area (Å²) in [6.45, 7) is 16.4. The van der Waals surface area contributed by atoms with Gasteiger partial charge in [-0.25, -0.2) is 9.37 Å². The highest BCUT2D eigenvalue weighted by molar-refractivity contribution is 8.76. The molecule has 0 unspecified atom stereocenters. The molecule has 0 saturated carbocycles. The lowest BCUT2D eigenvalue weighted by molar-refractivity contribution is -0.141. The molecule has 4 aromatic carbocycles. The predicted octanol–water partition coefficient (Wildman–Crippen LogP) is 7.97. The number of hydrogen-bond acceptors (Lipinski definition) is 13. The van der Waals surface area contributed by atoms with Crippen LogP contribution in [0.3, 0.4) is 0 Å². The molecule has 418 valence electrons. The highest BCUT2D eigenvalue weighted by Gasteiger charge is 2.37. The average Bonchev–Trinajstić information content (AvgIpc) is 4.02. The summed E-state index contributed by atoms with van der Waals surface area (Å²) in [6.07, 6.45) is 12.2. The molecule has 0 fully saturated rings. The zero-order valence-corrected chi connectivity index (χ0v) is 47.9. The monoisotopic (exact) mass is 1110 g/mol. The molecule has 0 atom stereocenters. The van der Waals surface area contributed by atoms with Gasteiger partial charge in [-0.3, -0.25) is 19.1 Å². The van der Waals surface area contributed by atoms with Crippen LogP contribution < -0.4 is 35.4 Å². The number of esters is 1. The number of aromatic carboxylic acids is 1. The topological polar surface area (TPSA) is 186 Å². The molecule has 5 aliphatic heterocycles. The lowest BCUT2D eigenvalue weighted by atomic mass is 9.81. The van der Waals surface area contributed by atoms with Crippen LogP contribution in [0.4, 0.5) is 5.69 Å². The van der Waals surface area contributed by atoms with Gasteiger partial charge in [0.05, 0.1) is 49.1 Å². The quantitative estimate of drug-likeness (QED) is 0.0174. The van der Waals surface area contributed by atoms with E-state index in [-0.39, 0.29) is 41.7 Å². The number of aryl methyl sites for hydroxylation is 2. The summed E-state index contributed by atoms with van der Waals surface area (Å²) in [5.41, 5.74) is 9.69. The van der Waals surface area contributed by atoms with Gasteiger partial charge in [-0.15, -0.1) is 5.10 Å². The molecule has 18 heteroatoms. The van der Waals surface area contributed by atoms with E-state index in [9.17, 15) is 24.3 Å². The van der Waals surface area contributed by atoms with Crippen LogP contribution in [0, 0.1) is 5.41 Å². The normalized spacial score (nSPS) is 15.3. The minimum absolute atomic E-state index is 0.0461. The maximum Gasteiger partial charge on any atom is 0.336 e. The first kappa shape index (κ1) is 56.1. The Kier molecular flexibility index (Phi) is 17.5. The van der Waals surface area contributed by atoms with Gasteiger partial charge in [-0.2, -0.15) is 0 Å². The number of benzene rings is 4. The van der Waals surface area contributed by atoms with Crippen LogP contribution in [0.15, 0.2) is 65.7 Å². The molecular weight excluding hydrogens is 1040 g/mol. The molecule has 1 aromatic heterocycles. The van der Waals surface area contributed by atoms with Crippen molar-refractivity contribution in [3.63, 3.8) is 0 Å². The molecule has 3 N–H and O–H groups in total. The Morgan fingerprint density at radius 1 is 0.848 bits per heavy atom. The summed E-state index contributed by atoms with van der Waals surface area (Å²) in [5.74, 6) is 0.514. The molecule has 6 heterocycles. The van der Waals surface area contributed by atoms with Gasteiger partial charge in [0.15, 0.2) is 0 Å². The van der Waals surface area contributed by atoms with E-state index < -0.39 is 11.6 Å². The number of hydrogen-bond donors (Lipinski definition) is 3. The number of carbonyl (C=O) groups is 4. The van der Waals surface area contributed by atoms with E-state index in [0.717, 1.165) is 129 Å². The van der Waals surface area contributed by atoms with Gasteiger partial charge in [0.1, 0.15) is 36.2 Å². The van der Waals surface area contributed by atoms with E-state index in [1.54, 1.807) is 44.5 Å². The lowest BCUT2D eigenvalue weighted by Crippen LogP contribution is -2.45.